The van der Waals surface area contributed by atoms with Crippen LogP contribution in [0.4, 0.5) is 8.78 Å². The highest BCUT2D eigenvalue weighted by Gasteiger charge is 2.36. The highest BCUT2D eigenvalue weighted by Crippen LogP contribution is 2.36. The van der Waals surface area contributed by atoms with Gasteiger partial charge in [-0.1, -0.05) is 29.8 Å². The second-order valence-corrected chi connectivity index (χ2v) is 5.61. The quantitative estimate of drug-likeness (QED) is 0.836. The Morgan fingerprint density at radius 1 is 1.32 bits per heavy atom. The van der Waals surface area contributed by atoms with Crippen molar-refractivity contribution in [3.63, 3.8) is 0 Å². The van der Waals surface area contributed by atoms with E-state index in [-0.39, 0.29) is 36.2 Å². The molecule has 3 nitrogen and oxygen atoms in total. The smallest absolute Gasteiger partial charge is 0.240 e. The van der Waals surface area contributed by atoms with Gasteiger partial charge in [0, 0.05) is 18.8 Å². The fourth-order valence-electron chi connectivity index (χ4n) is 2.86. The molecule has 1 aromatic rings. The second kappa shape index (κ2) is 5.48. The molecule has 1 aromatic carbocycles. The molecule has 3 rings (SSSR count). The van der Waals surface area contributed by atoms with Crippen LogP contribution in [0.5, 0.6) is 0 Å². The molecule has 0 aromatic heterocycles. The van der Waals surface area contributed by atoms with Gasteiger partial charge in [-0.15, -0.1) is 0 Å². The summed E-state index contributed by atoms with van der Waals surface area (Å²) in [5.41, 5.74) is 2.00. The summed E-state index contributed by atoms with van der Waals surface area (Å²) in [5.74, 6) is -0.806. The lowest BCUT2D eigenvalue weighted by Gasteiger charge is -2.29. The molecule has 0 saturated heterocycles. The van der Waals surface area contributed by atoms with E-state index >= 15 is 4.39 Å². The molecule has 2 atom stereocenters. The maximum absolute atomic E-state index is 15.1. The van der Waals surface area contributed by atoms with Gasteiger partial charge in [0.05, 0.1) is 5.71 Å². The number of halogens is 2. The molecular formula is C17H16F2N2O. The highest BCUT2D eigenvalue weighted by atomic mass is 19.1. The molecule has 0 fully saturated rings. The van der Waals surface area contributed by atoms with Gasteiger partial charge in [-0.05, 0) is 30.7 Å². The first kappa shape index (κ1) is 14.6. The minimum atomic E-state index is -1.82. The van der Waals surface area contributed by atoms with Crippen molar-refractivity contribution in [2.75, 3.05) is 0 Å². The molecule has 114 valence electrons. The van der Waals surface area contributed by atoms with Crippen LogP contribution < -0.4 is 5.43 Å². The fraction of sp³-hybridized carbons (Fsp3) is 0.294. The number of hydrogen-bond donors (Lipinski definition) is 1. The Morgan fingerprint density at radius 2 is 2.09 bits per heavy atom. The number of carbonyl (C=O) groups excluding carboxylic acids is 1. The molecule has 0 radical (unpaired) electrons. The lowest BCUT2D eigenvalue weighted by molar-refractivity contribution is -0.121. The van der Waals surface area contributed by atoms with Crippen molar-refractivity contribution in [2.24, 2.45) is 5.10 Å². The molecule has 0 bridgehead atoms. The summed E-state index contributed by atoms with van der Waals surface area (Å²) in [4.78, 5) is 11.1. The Labute approximate surface area is 127 Å². The first-order chi connectivity index (χ1) is 10.5. The van der Waals surface area contributed by atoms with E-state index in [0.717, 1.165) is 5.57 Å². The van der Waals surface area contributed by atoms with Crippen LogP contribution in [0.25, 0.3) is 0 Å². The third-order valence-corrected chi connectivity index (χ3v) is 4.05. The van der Waals surface area contributed by atoms with Gasteiger partial charge < -0.3 is 0 Å². The number of carbonyl (C=O) groups is 1. The minimum absolute atomic E-state index is 0.211. The number of hydrazone groups is 1. The number of hydrogen-bond acceptors (Lipinski definition) is 2. The minimum Gasteiger partial charge on any atom is -0.273 e. The van der Waals surface area contributed by atoms with E-state index in [1.807, 2.05) is 0 Å². The lowest BCUT2D eigenvalue weighted by Crippen LogP contribution is -2.38. The molecular weight excluding hydrogens is 286 g/mol. The molecule has 1 heterocycles. The Bertz CT molecular complexity index is 708. The predicted octanol–water partition coefficient (Wildman–Crippen LogP) is 3.40. The molecule has 22 heavy (non-hydrogen) atoms. The SMILES string of the molecule is CC1=CC(F)(C2=NNC(=O)CC2)C=CC1c1ccccc1F. The summed E-state index contributed by atoms with van der Waals surface area (Å²) >= 11 is 0. The number of allylic oxidation sites excluding steroid dienone is 4. The largest absolute Gasteiger partial charge is 0.273 e. The van der Waals surface area contributed by atoms with Crippen LogP contribution in [0.2, 0.25) is 0 Å². The van der Waals surface area contributed by atoms with E-state index in [2.05, 4.69) is 10.5 Å². The van der Waals surface area contributed by atoms with Crippen molar-refractivity contribution in [1.82, 2.24) is 5.43 Å². The predicted molar refractivity (Wildman–Crippen MR) is 80.7 cm³/mol. The standard InChI is InChI=1S/C17H16F2N2O/c1-11-10-17(19,15-6-7-16(22)21-20-15)9-8-12(11)13-4-2-3-5-14(13)18/h2-5,8-10,12H,6-7H2,1H3,(H,21,22). The van der Waals surface area contributed by atoms with E-state index < -0.39 is 5.67 Å². The normalized spacial score (nSPS) is 28.0. The Kier molecular flexibility index (Phi) is 3.64. The average molecular weight is 302 g/mol. The first-order valence-electron chi connectivity index (χ1n) is 7.17. The van der Waals surface area contributed by atoms with Crippen molar-refractivity contribution >= 4 is 11.6 Å². The molecule has 1 aliphatic carbocycles. The molecule has 1 amide bonds. The van der Waals surface area contributed by atoms with Crippen molar-refractivity contribution in [2.45, 2.75) is 31.4 Å². The zero-order valence-corrected chi connectivity index (χ0v) is 12.1. The Hall–Kier alpha value is -2.30. The van der Waals surface area contributed by atoms with Crippen molar-refractivity contribution < 1.29 is 13.6 Å². The van der Waals surface area contributed by atoms with Crippen LogP contribution >= 0.6 is 0 Å². The van der Waals surface area contributed by atoms with Gasteiger partial charge in [-0.25, -0.2) is 14.2 Å². The number of benzene rings is 1. The monoisotopic (exact) mass is 302 g/mol. The van der Waals surface area contributed by atoms with Crippen molar-refractivity contribution in [3.8, 4) is 0 Å². The van der Waals surface area contributed by atoms with Gasteiger partial charge in [-0.2, -0.15) is 5.10 Å². The van der Waals surface area contributed by atoms with Crippen LogP contribution in [-0.2, 0) is 4.79 Å². The zero-order valence-electron chi connectivity index (χ0n) is 12.1. The summed E-state index contributed by atoms with van der Waals surface area (Å²) in [6, 6.07) is 6.49. The number of nitrogens with zero attached hydrogens (tertiary/aromatic N) is 1. The Balaban J connectivity index is 1.91. The van der Waals surface area contributed by atoms with Crippen molar-refractivity contribution in [3.05, 3.63) is 59.4 Å². The van der Waals surface area contributed by atoms with E-state index in [4.69, 9.17) is 0 Å². The van der Waals surface area contributed by atoms with E-state index in [9.17, 15) is 9.18 Å². The molecule has 1 N–H and O–H groups in total. The van der Waals surface area contributed by atoms with E-state index in [0.29, 0.717) is 5.56 Å². The summed E-state index contributed by atoms with van der Waals surface area (Å²) in [6.45, 7) is 1.77. The molecule has 0 saturated carbocycles. The van der Waals surface area contributed by atoms with Crippen LogP contribution in [0.15, 0.2) is 53.2 Å². The second-order valence-electron chi connectivity index (χ2n) is 5.61. The van der Waals surface area contributed by atoms with Gasteiger partial charge in [0.2, 0.25) is 5.91 Å². The third-order valence-electron chi connectivity index (χ3n) is 4.05. The average Bonchev–Trinajstić information content (AvgIpc) is 2.49. The van der Waals surface area contributed by atoms with Crippen LogP contribution in [-0.4, -0.2) is 17.3 Å². The number of amides is 1. The van der Waals surface area contributed by atoms with Gasteiger partial charge >= 0.3 is 0 Å². The Morgan fingerprint density at radius 3 is 2.73 bits per heavy atom. The maximum Gasteiger partial charge on any atom is 0.240 e. The summed E-state index contributed by atoms with van der Waals surface area (Å²) in [5, 5.41) is 3.83. The van der Waals surface area contributed by atoms with Gasteiger partial charge in [-0.3, -0.25) is 4.79 Å². The zero-order chi connectivity index (χ0) is 15.7. The topological polar surface area (TPSA) is 41.5 Å². The van der Waals surface area contributed by atoms with Crippen LogP contribution in [0.3, 0.4) is 0 Å². The number of rotatable bonds is 2. The fourth-order valence-corrected chi connectivity index (χ4v) is 2.86. The molecule has 5 heteroatoms. The van der Waals surface area contributed by atoms with E-state index in [1.165, 1.54) is 18.2 Å². The molecule has 0 spiro atoms. The van der Waals surface area contributed by atoms with Crippen molar-refractivity contribution in [1.29, 1.82) is 0 Å². The third kappa shape index (κ3) is 2.58. The maximum atomic E-state index is 15.1. The lowest BCUT2D eigenvalue weighted by atomic mass is 9.80. The summed E-state index contributed by atoms with van der Waals surface area (Å²) < 4.78 is 29.0. The van der Waals surface area contributed by atoms with Gasteiger partial charge in [0.1, 0.15) is 5.82 Å². The van der Waals surface area contributed by atoms with Gasteiger partial charge in [0.25, 0.3) is 0 Å². The molecule has 2 aliphatic rings. The first-order valence-corrected chi connectivity index (χ1v) is 7.17. The number of nitrogens with one attached hydrogen (secondary N) is 1. The van der Waals surface area contributed by atoms with Gasteiger partial charge in [0.15, 0.2) is 5.67 Å². The molecule has 1 aliphatic heterocycles. The summed E-state index contributed by atoms with van der Waals surface area (Å²) in [6.07, 6.45) is 5.02. The van der Waals surface area contributed by atoms with E-state index in [1.54, 1.807) is 31.2 Å². The van der Waals surface area contributed by atoms with Crippen LogP contribution in [0.1, 0.15) is 31.2 Å². The summed E-state index contributed by atoms with van der Waals surface area (Å²) in [7, 11) is 0. The number of alkyl halides is 1. The molecule has 2 unspecified atom stereocenters. The van der Waals surface area contributed by atoms with Crippen LogP contribution in [0, 0.1) is 5.82 Å². The highest BCUT2D eigenvalue weighted by molar-refractivity contribution is 6.01.